The molecule has 2 N–H and O–H groups in total. The summed E-state index contributed by atoms with van der Waals surface area (Å²) in [6.45, 7) is 3.15. The van der Waals surface area contributed by atoms with Crippen molar-refractivity contribution < 1.29 is 9.59 Å². The zero-order valence-electron chi connectivity index (χ0n) is 17.6. The predicted molar refractivity (Wildman–Crippen MR) is 127 cm³/mol. The number of anilines is 1. The molecule has 32 heavy (non-hydrogen) atoms. The Morgan fingerprint density at radius 3 is 2.56 bits per heavy atom. The van der Waals surface area contributed by atoms with Gasteiger partial charge in [-0.15, -0.1) is 0 Å². The Morgan fingerprint density at radius 1 is 1.00 bits per heavy atom. The maximum atomic E-state index is 12.8. The van der Waals surface area contributed by atoms with Crippen molar-refractivity contribution in [3.8, 4) is 0 Å². The first-order valence-electron chi connectivity index (χ1n) is 10.4. The molecule has 0 saturated heterocycles. The van der Waals surface area contributed by atoms with Crippen molar-refractivity contribution >= 4 is 40.0 Å². The van der Waals surface area contributed by atoms with Crippen LogP contribution in [0.25, 0.3) is 10.9 Å². The highest BCUT2D eigenvalue weighted by molar-refractivity contribution is 6.34. The van der Waals surface area contributed by atoms with Gasteiger partial charge < -0.3 is 15.2 Å². The smallest absolute Gasteiger partial charge is 0.267 e. The number of fused-ring (bicyclic) bond motifs is 1. The van der Waals surface area contributed by atoms with E-state index in [1.807, 2.05) is 54.0 Å². The van der Waals surface area contributed by atoms with Crippen LogP contribution in [0, 0.1) is 0 Å². The van der Waals surface area contributed by atoms with Crippen molar-refractivity contribution in [2.75, 3.05) is 11.9 Å². The number of carbonyl (C=O) groups excluding carboxylic acids is 2. The summed E-state index contributed by atoms with van der Waals surface area (Å²) in [6, 6.07) is 20.1. The van der Waals surface area contributed by atoms with Crippen LogP contribution in [0.15, 0.2) is 72.9 Å². The molecule has 0 atom stereocenters. The number of carbonyl (C=O) groups is 2. The minimum atomic E-state index is -0.280. The standard InChI is InChI=1S/C25H23ClN4O2/c1-2-30-22-11-10-19(29-24(31)20-8-3-4-9-21(20)26)15-17(22)16-23(30)25(32)28-14-12-18-7-5-6-13-27-18/h3-11,13,15-16H,2,12,14H2,1H3,(H,28,32)(H,29,31). The number of hydrogen-bond donors (Lipinski definition) is 2. The maximum absolute atomic E-state index is 12.8. The van der Waals surface area contributed by atoms with Gasteiger partial charge in [0, 0.05) is 48.0 Å². The van der Waals surface area contributed by atoms with Gasteiger partial charge in [-0.25, -0.2) is 0 Å². The fourth-order valence-corrected chi connectivity index (χ4v) is 3.88. The third kappa shape index (κ3) is 4.65. The van der Waals surface area contributed by atoms with E-state index in [4.69, 9.17) is 11.6 Å². The highest BCUT2D eigenvalue weighted by Crippen LogP contribution is 2.25. The van der Waals surface area contributed by atoms with Crippen LogP contribution in [0.4, 0.5) is 5.69 Å². The number of pyridine rings is 1. The van der Waals surface area contributed by atoms with Crippen LogP contribution in [-0.4, -0.2) is 27.9 Å². The second-order valence-corrected chi connectivity index (χ2v) is 7.72. The molecule has 0 aliphatic heterocycles. The van der Waals surface area contributed by atoms with Crippen molar-refractivity contribution in [1.82, 2.24) is 14.9 Å². The molecule has 7 heteroatoms. The van der Waals surface area contributed by atoms with Crippen molar-refractivity contribution in [3.05, 3.63) is 94.9 Å². The Bertz CT molecular complexity index is 1270. The number of hydrogen-bond acceptors (Lipinski definition) is 3. The SMILES string of the molecule is CCn1c(C(=O)NCCc2ccccn2)cc2cc(NC(=O)c3ccccc3Cl)ccc21. The van der Waals surface area contributed by atoms with Crippen LogP contribution in [0.1, 0.15) is 33.5 Å². The van der Waals surface area contributed by atoms with Crippen LogP contribution < -0.4 is 10.6 Å². The number of halogens is 1. The van der Waals surface area contributed by atoms with Crippen LogP contribution in [0.5, 0.6) is 0 Å². The van der Waals surface area contributed by atoms with E-state index in [0.717, 1.165) is 16.6 Å². The van der Waals surface area contributed by atoms with E-state index in [1.165, 1.54) is 0 Å². The zero-order valence-corrected chi connectivity index (χ0v) is 18.4. The van der Waals surface area contributed by atoms with E-state index < -0.39 is 0 Å². The summed E-state index contributed by atoms with van der Waals surface area (Å²) in [5, 5.41) is 7.12. The molecule has 4 rings (SSSR count). The van der Waals surface area contributed by atoms with Crippen LogP contribution in [-0.2, 0) is 13.0 Å². The third-order valence-corrected chi connectivity index (χ3v) is 5.55. The Labute approximate surface area is 191 Å². The van der Waals surface area contributed by atoms with Gasteiger partial charge >= 0.3 is 0 Å². The molecule has 2 aromatic heterocycles. The fourth-order valence-electron chi connectivity index (χ4n) is 3.66. The van der Waals surface area contributed by atoms with Gasteiger partial charge in [0.15, 0.2) is 0 Å². The number of aryl methyl sites for hydroxylation is 1. The molecule has 0 fully saturated rings. The lowest BCUT2D eigenvalue weighted by atomic mass is 10.2. The number of amides is 2. The van der Waals surface area contributed by atoms with Gasteiger partial charge in [-0.3, -0.25) is 14.6 Å². The Hall–Kier alpha value is -3.64. The average Bonchev–Trinajstić information content (AvgIpc) is 3.18. The molecular weight excluding hydrogens is 424 g/mol. The molecule has 4 aromatic rings. The highest BCUT2D eigenvalue weighted by atomic mass is 35.5. The second-order valence-electron chi connectivity index (χ2n) is 7.31. The van der Waals surface area contributed by atoms with Crippen molar-refractivity contribution in [1.29, 1.82) is 0 Å². The van der Waals surface area contributed by atoms with E-state index in [2.05, 4.69) is 15.6 Å². The quantitative estimate of drug-likeness (QED) is 0.422. The maximum Gasteiger partial charge on any atom is 0.267 e. The monoisotopic (exact) mass is 446 g/mol. The highest BCUT2D eigenvalue weighted by Gasteiger charge is 2.16. The Kier molecular flexibility index (Phi) is 6.52. The van der Waals surface area contributed by atoms with Gasteiger partial charge in [-0.05, 0) is 55.5 Å². The minimum absolute atomic E-state index is 0.138. The molecule has 0 aliphatic carbocycles. The topological polar surface area (TPSA) is 76.0 Å². The van der Waals surface area contributed by atoms with E-state index >= 15 is 0 Å². The minimum Gasteiger partial charge on any atom is -0.350 e. The number of benzene rings is 2. The molecule has 0 unspecified atom stereocenters. The molecule has 0 radical (unpaired) electrons. The molecule has 0 saturated carbocycles. The molecule has 2 heterocycles. The summed E-state index contributed by atoms with van der Waals surface area (Å²) in [5.41, 5.74) is 3.49. The van der Waals surface area contributed by atoms with Gasteiger partial charge in [0.2, 0.25) is 0 Å². The van der Waals surface area contributed by atoms with Crippen LogP contribution >= 0.6 is 11.6 Å². The van der Waals surface area contributed by atoms with Gasteiger partial charge in [0.25, 0.3) is 11.8 Å². The lowest BCUT2D eigenvalue weighted by Gasteiger charge is -2.09. The van der Waals surface area contributed by atoms with Gasteiger partial charge in [0.1, 0.15) is 5.69 Å². The number of nitrogens with zero attached hydrogens (tertiary/aromatic N) is 2. The fraction of sp³-hybridized carbons (Fsp3) is 0.160. The molecule has 2 amide bonds. The van der Waals surface area contributed by atoms with Gasteiger partial charge in [0.05, 0.1) is 10.6 Å². The van der Waals surface area contributed by atoms with E-state index in [0.29, 0.717) is 41.5 Å². The van der Waals surface area contributed by atoms with E-state index in [-0.39, 0.29) is 11.8 Å². The first-order chi connectivity index (χ1) is 15.6. The average molecular weight is 447 g/mol. The van der Waals surface area contributed by atoms with Crippen molar-refractivity contribution in [3.63, 3.8) is 0 Å². The number of nitrogens with one attached hydrogen (secondary N) is 2. The molecule has 0 aliphatic rings. The van der Waals surface area contributed by atoms with E-state index in [1.54, 1.807) is 30.5 Å². The normalized spacial score (nSPS) is 10.8. The zero-order chi connectivity index (χ0) is 22.5. The van der Waals surface area contributed by atoms with Gasteiger partial charge in [-0.2, -0.15) is 0 Å². The molecular formula is C25H23ClN4O2. The summed E-state index contributed by atoms with van der Waals surface area (Å²) >= 11 is 6.13. The third-order valence-electron chi connectivity index (χ3n) is 5.22. The Balaban J connectivity index is 1.51. The molecule has 6 nitrogen and oxygen atoms in total. The second kappa shape index (κ2) is 9.66. The number of rotatable bonds is 7. The largest absolute Gasteiger partial charge is 0.350 e. The predicted octanol–water partition coefficient (Wildman–Crippen LogP) is 4.93. The summed E-state index contributed by atoms with van der Waals surface area (Å²) in [5.74, 6) is -0.419. The molecule has 2 aromatic carbocycles. The van der Waals surface area contributed by atoms with Crippen LogP contribution in [0.3, 0.4) is 0 Å². The Morgan fingerprint density at radius 2 is 1.81 bits per heavy atom. The summed E-state index contributed by atoms with van der Waals surface area (Å²) in [6.07, 6.45) is 2.41. The summed E-state index contributed by atoms with van der Waals surface area (Å²) in [7, 11) is 0. The molecule has 0 spiro atoms. The van der Waals surface area contributed by atoms with Crippen molar-refractivity contribution in [2.24, 2.45) is 0 Å². The lowest BCUT2D eigenvalue weighted by molar-refractivity contribution is 0.0944. The van der Waals surface area contributed by atoms with Crippen LogP contribution in [0.2, 0.25) is 5.02 Å². The summed E-state index contributed by atoms with van der Waals surface area (Å²) in [4.78, 5) is 29.7. The van der Waals surface area contributed by atoms with Gasteiger partial charge in [-0.1, -0.05) is 29.8 Å². The number of aromatic nitrogens is 2. The van der Waals surface area contributed by atoms with Crippen molar-refractivity contribution in [2.45, 2.75) is 19.9 Å². The summed E-state index contributed by atoms with van der Waals surface area (Å²) < 4.78 is 1.96. The molecule has 162 valence electrons. The van der Waals surface area contributed by atoms with E-state index in [9.17, 15) is 9.59 Å². The molecule has 0 bridgehead atoms. The lowest BCUT2D eigenvalue weighted by Crippen LogP contribution is -2.27. The first-order valence-corrected chi connectivity index (χ1v) is 10.8. The first kappa shape index (κ1) is 21.6.